The molecule has 0 heterocycles. The van der Waals surface area contributed by atoms with Gasteiger partial charge in [-0.1, -0.05) is 116 Å². The number of rotatable bonds is 6. The fourth-order valence-corrected chi connectivity index (χ4v) is 12.8. The average molecular weight is 493 g/mol. The van der Waals surface area contributed by atoms with E-state index in [0.29, 0.717) is 23.2 Å². The van der Waals surface area contributed by atoms with Crippen LogP contribution in [0.25, 0.3) is 0 Å². The molecule has 0 saturated heterocycles. The maximum atomic E-state index is 11.1. The molecule has 0 aromatic heterocycles. The van der Waals surface area contributed by atoms with Gasteiger partial charge in [-0.3, -0.25) is 0 Å². The Morgan fingerprint density at radius 1 is 0.914 bits per heavy atom. The first-order valence-electron chi connectivity index (χ1n) is 13.9. The van der Waals surface area contributed by atoms with Gasteiger partial charge >= 0.3 is 0 Å². The molecule has 2 aliphatic carbocycles. The fraction of sp³-hybridized carbons (Fsp3) is 0.625. The van der Waals surface area contributed by atoms with Gasteiger partial charge in [-0.05, 0) is 69.7 Å². The number of aliphatic hydroxyl groups is 1. The second-order valence-electron chi connectivity index (χ2n) is 13.5. The number of fused-ring (bicyclic) bond motifs is 1. The predicted molar refractivity (Wildman–Crippen MR) is 151 cm³/mol. The van der Waals surface area contributed by atoms with Crippen LogP contribution in [0, 0.1) is 28.6 Å². The van der Waals surface area contributed by atoms with Gasteiger partial charge in [-0.2, -0.15) is 0 Å². The van der Waals surface area contributed by atoms with Crippen LogP contribution >= 0.6 is 0 Å². The van der Waals surface area contributed by atoms with E-state index < -0.39 is 8.32 Å². The van der Waals surface area contributed by atoms with Crippen molar-refractivity contribution in [3.63, 3.8) is 0 Å². The fourth-order valence-electron chi connectivity index (χ4n) is 8.22. The Balaban J connectivity index is 1.67. The number of hydrogen-bond acceptors (Lipinski definition) is 2. The number of aliphatic hydroxyl groups excluding tert-OH is 1. The van der Waals surface area contributed by atoms with E-state index in [0.717, 1.165) is 19.4 Å². The van der Waals surface area contributed by atoms with Crippen LogP contribution in [0.15, 0.2) is 60.7 Å². The lowest BCUT2D eigenvalue weighted by Gasteiger charge is -2.60. The van der Waals surface area contributed by atoms with Crippen molar-refractivity contribution in [1.29, 1.82) is 0 Å². The Labute approximate surface area is 215 Å². The molecule has 0 amide bonds. The average Bonchev–Trinajstić information content (AvgIpc) is 2.80. The van der Waals surface area contributed by atoms with E-state index in [1.807, 2.05) is 0 Å². The summed E-state index contributed by atoms with van der Waals surface area (Å²) in [5.41, 5.74) is 0.570. The molecule has 4 rings (SSSR count). The second-order valence-corrected chi connectivity index (χ2v) is 17.8. The summed E-state index contributed by atoms with van der Waals surface area (Å²) in [7, 11) is -2.53. The van der Waals surface area contributed by atoms with Crippen LogP contribution < -0.4 is 10.4 Å². The zero-order valence-corrected chi connectivity index (χ0v) is 24.2. The summed E-state index contributed by atoms with van der Waals surface area (Å²) in [5, 5.41) is 13.8. The standard InChI is InChI=1S/C32H48O2Si/c1-24-27(32(7)21-14-20-31(5,6)29(32)23-28(24)33)19-22-34-35(30(2,3)4,25-15-10-8-11-16-25)26-17-12-9-13-18-26/h8-13,15-18,24,27-29,33H,14,19-23H2,1-7H3/t24-,27-,28-,29-,32+/m0/s1. The van der Waals surface area contributed by atoms with Crippen LogP contribution in [0.4, 0.5) is 0 Å². The zero-order valence-electron chi connectivity index (χ0n) is 23.2. The molecule has 1 N–H and O–H groups in total. The van der Waals surface area contributed by atoms with Gasteiger partial charge in [-0.25, -0.2) is 0 Å². The molecular weight excluding hydrogens is 444 g/mol. The highest BCUT2D eigenvalue weighted by atomic mass is 28.4. The van der Waals surface area contributed by atoms with Crippen LogP contribution in [-0.2, 0) is 4.43 Å². The van der Waals surface area contributed by atoms with Crippen molar-refractivity contribution in [1.82, 2.24) is 0 Å². The first-order valence-corrected chi connectivity index (χ1v) is 15.8. The molecule has 35 heavy (non-hydrogen) atoms. The van der Waals surface area contributed by atoms with E-state index in [9.17, 15) is 5.11 Å². The quantitative estimate of drug-likeness (QED) is 0.449. The van der Waals surface area contributed by atoms with Crippen LogP contribution in [0.5, 0.6) is 0 Å². The first kappa shape index (κ1) is 26.6. The lowest BCUT2D eigenvalue weighted by Crippen LogP contribution is -2.66. The third-order valence-electron chi connectivity index (χ3n) is 10.0. The molecule has 2 aromatic carbocycles. The minimum absolute atomic E-state index is 0.00727. The molecule has 2 saturated carbocycles. The van der Waals surface area contributed by atoms with Crippen molar-refractivity contribution in [3.8, 4) is 0 Å². The normalized spacial score (nSPS) is 31.1. The van der Waals surface area contributed by atoms with E-state index in [1.165, 1.54) is 29.6 Å². The van der Waals surface area contributed by atoms with Gasteiger partial charge in [0, 0.05) is 6.61 Å². The highest BCUT2D eigenvalue weighted by molar-refractivity contribution is 6.99. The topological polar surface area (TPSA) is 29.5 Å². The van der Waals surface area contributed by atoms with E-state index in [4.69, 9.17) is 4.43 Å². The van der Waals surface area contributed by atoms with Crippen molar-refractivity contribution in [3.05, 3.63) is 60.7 Å². The lowest BCUT2D eigenvalue weighted by atomic mass is 9.45. The molecule has 3 heteroatoms. The SMILES string of the molecule is C[C@@H]1[C@@H](O)C[C@H]2C(C)(C)CCC[C@]2(C)[C@H]1CCO[Si](c1ccccc1)(c1ccccc1)C(C)(C)C. The number of hydrogen-bond donors (Lipinski definition) is 1. The summed E-state index contributed by atoms with van der Waals surface area (Å²) in [5.74, 6) is 1.37. The Bertz CT molecular complexity index is 925. The molecule has 0 radical (unpaired) electrons. The summed E-state index contributed by atoms with van der Waals surface area (Å²) < 4.78 is 7.29. The molecule has 2 aliphatic rings. The predicted octanol–water partition coefficient (Wildman–Crippen LogP) is 6.80. The molecule has 0 spiro atoms. The van der Waals surface area contributed by atoms with Gasteiger partial charge in [0.25, 0.3) is 8.32 Å². The Morgan fingerprint density at radius 3 is 1.97 bits per heavy atom. The van der Waals surface area contributed by atoms with Gasteiger partial charge < -0.3 is 9.53 Å². The molecule has 2 fully saturated rings. The summed E-state index contributed by atoms with van der Waals surface area (Å²) in [6, 6.07) is 21.9. The summed E-state index contributed by atoms with van der Waals surface area (Å²) >= 11 is 0. The van der Waals surface area contributed by atoms with Crippen molar-refractivity contribution >= 4 is 18.7 Å². The van der Waals surface area contributed by atoms with Crippen molar-refractivity contribution in [2.24, 2.45) is 28.6 Å². The summed E-state index contributed by atoms with van der Waals surface area (Å²) in [4.78, 5) is 0. The molecule has 5 atom stereocenters. The van der Waals surface area contributed by atoms with Crippen molar-refractivity contribution < 1.29 is 9.53 Å². The molecule has 192 valence electrons. The van der Waals surface area contributed by atoms with Gasteiger partial charge in [-0.15, -0.1) is 0 Å². The van der Waals surface area contributed by atoms with Crippen LogP contribution in [0.1, 0.15) is 80.6 Å². The van der Waals surface area contributed by atoms with Gasteiger partial charge in [0.15, 0.2) is 0 Å². The third-order valence-corrected chi connectivity index (χ3v) is 15.0. The first-order chi connectivity index (χ1) is 16.4. The second kappa shape index (κ2) is 9.80. The summed E-state index contributed by atoms with van der Waals surface area (Å²) in [6.07, 6.45) is 5.63. The van der Waals surface area contributed by atoms with E-state index in [2.05, 4.69) is 109 Å². The Kier molecular flexibility index (Phi) is 7.46. The minimum Gasteiger partial charge on any atom is -0.407 e. The van der Waals surface area contributed by atoms with Crippen molar-refractivity contribution in [2.45, 2.75) is 91.7 Å². The number of benzene rings is 2. The van der Waals surface area contributed by atoms with Crippen molar-refractivity contribution in [2.75, 3.05) is 6.61 Å². The van der Waals surface area contributed by atoms with Gasteiger partial charge in [0.05, 0.1) is 6.10 Å². The van der Waals surface area contributed by atoms with Crippen LogP contribution in [0.2, 0.25) is 5.04 Å². The molecule has 2 aromatic rings. The highest BCUT2D eigenvalue weighted by Gasteiger charge is 2.56. The molecule has 0 bridgehead atoms. The molecule has 2 nitrogen and oxygen atoms in total. The largest absolute Gasteiger partial charge is 0.407 e. The maximum Gasteiger partial charge on any atom is 0.261 e. The van der Waals surface area contributed by atoms with E-state index in [-0.39, 0.29) is 16.6 Å². The maximum absolute atomic E-state index is 11.1. The van der Waals surface area contributed by atoms with E-state index >= 15 is 0 Å². The smallest absolute Gasteiger partial charge is 0.261 e. The highest BCUT2D eigenvalue weighted by Crippen LogP contribution is 2.61. The zero-order chi connectivity index (χ0) is 25.5. The minimum atomic E-state index is -2.53. The Hall–Kier alpha value is -1.42. The summed E-state index contributed by atoms with van der Waals surface area (Å²) in [6.45, 7) is 17.5. The van der Waals surface area contributed by atoms with Crippen LogP contribution in [0.3, 0.4) is 0 Å². The molecule has 0 aliphatic heterocycles. The van der Waals surface area contributed by atoms with Gasteiger partial charge in [0.2, 0.25) is 0 Å². The monoisotopic (exact) mass is 492 g/mol. The lowest BCUT2D eigenvalue weighted by molar-refractivity contribution is -0.143. The molecular formula is C32H48O2Si. The van der Waals surface area contributed by atoms with Crippen LogP contribution in [-0.4, -0.2) is 26.1 Å². The molecule has 0 unspecified atom stereocenters. The Morgan fingerprint density at radius 2 is 1.46 bits per heavy atom. The van der Waals surface area contributed by atoms with Gasteiger partial charge in [0.1, 0.15) is 0 Å². The third kappa shape index (κ3) is 4.69. The van der Waals surface area contributed by atoms with E-state index in [1.54, 1.807) is 0 Å².